The summed E-state index contributed by atoms with van der Waals surface area (Å²) in [5.74, 6) is -0.485. The van der Waals surface area contributed by atoms with E-state index in [4.69, 9.17) is 21.3 Å². The predicted octanol–water partition coefficient (Wildman–Crippen LogP) is 5.33. The lowest BCUT2D eigenvalue weighted by Crippen LogP contribution is -2.38. The Morgan fingerprint density at radius 3 is 2.62 bits per heavy atom. The molecule has 0 aromatic heterocycles. The minimum atomic E-state index is -0.542. The standard InChI is InChI=1S/C26H24ClN3O3S/c1-16-23(25(32)33-14-17-7-3-2-4-8-17)24(20-9-5-6-10-21(20)27)30-19(15-34-26(30)28-16)13-22(31)29-18-11-12-18/h2-10,15,18,24H,11-14H2,1H3,(H,29,31). The molecule has 0 saturated heterocycles. The molecule has 2 aliphatic heterocycles. The maximum Gasteiger partial charge on any atom is 0.338 e. The molecule has 1 atom stereocenters. The van der Waals surface area contributed by atoms with E-state index in [0.717, 1.165) is 34.8 Å². The van der Waals surface area contributed by atoms with E-state index >= 15 is 0 Å². The van der Waals surface area contributed by atoms with Crippen LogP contribution in [0.5, 0.6) is 0 Å². The number of halogens is 1. The number of allylic oxidation sites excluding steroid dienone is 1. The molecule has 1 unspecified atom stereocenters. The molecule has 174 valence electrons. The van der Waals surface area contributed by atoms with E-state index in [1.54, 1.807) is 6.07 Å². The van der Waals surface area contributed by atoms with Crippen LogP contribution in [-0.2, 0) is 20.9 Å². The number of esters is 1. The molecular formula is C26H24ClN3O3S. The van der Waals surface area contributed by atoms with Crippen LogP contribution in [0.1, 0.15) is 43.4 Å². The highest BCUT2D eigenvalue weighted by atomic mass is 35.5. The van der Waals surface area contributed by atoms with E-state index < -0.39 is 12.0 Å². The maximum absolute atomic E-state index is 13.4. The van der Waals surface area contributed by atoms with Crippen LogP contribution in [0.25, 0.3) is 0 Å². The summed E-state index contributed by atoms with van der Waals surface area (Å²) in [5.41, 5.74) is 3.45. The molecule has 2 aromatic carbocycles. The maximum atomic E-state index is 13.4. The van der Waals surface area contributed by atoms with Crippen LogP contribution in [0.4, 0.5) is 0 Å². The number of carbonyl (C=O) groups excluding carboxylic acids is 2. The molecule has 8 heteroatoms. The Hall–Kier alpha value is -3.03. The summed E-state index contributed by atoms with van der Waals surface area (Å²) >= 11 is 8.07. The average Bonchev–Trinajstić information content (AvgIpc) is 3.56. The number of nitrogens with one attached hydrogen (secondary N) is 1. The summed E-state index contributed by atoms with van der Waals surface area (Å²) in [5, 5.41) is 6.22. The number of aliphatic imine (C=N–C) groups is 1. The van der Waals surface area contributed by atoms with Gasteiger partial charge in [0.25, 0.3) is 0 Å². The summed E-state index contributed by atoms with van der Waals surface area (Å²) in [7, 11) is 0. The van der Waals surface area contributed by atoms with Gasteiger partial charge in [-0.3, -0.25) is 4.79 Å². The number of amides is 1. The Balaban J connectivity index is 1.47. The third-order valence-electron chi connectivity index (χ3n) is 5.92. The molecule has 3 aliphatic rings. The number of fused-ring (bicyclic) bond motifs is 1. The second-order valence-electron chi connectivity index (χ2n) is 8.49. The number of thioether (sulfide) groups is 1. The van der Waals surface area contributed by atoms with Crippen LogP contribution in [0.15, 0.2) is 82.0 Å². The molecule has 2 heterocycles. The van der Waals surface area contributed by atoms with Gasteiger partial charge < -0.3 is 15.0 Å². The fourth-order valence-electron chi connectivity index (χ4n) is 4.09. The normalized spacial score (nSPS) is 19.4. The predicted molar refractivity (Wildman–Crippen MR) is 134 cm³/mol. The number of ether oxygens (including phenoxy) is 1. The molecule has 6 nitrogen and oxygen atoms in total. The Morgan fingerprint density at radius 1 is 1.15 bits per heavy atom. The highest BCUT2D eigenvalue weighted by Gasteiger charge is 2.42. The molecular weight excluding hydrogens is 470 g/mol. The summed E-state index contributed by atoms with van der Waals surface area (Å²) < 4.78 is 5.71. The van der Waals surface area contributed by atoms with Crippen LogP contribution in [0.2, 0.25) is 5.02 Å². The Morgan fingerprint density at radius 2 is 1.88 bits per heavy atom. The van der Waals surface area contributed by atoms with Crippen molar-refractivity contribution >= 4 is 40.4 Å². The summed E-state index contributed by atoms with van der Waals surface area (Å²) in [6.45, 7) is 1.97. The van der Waals surface area contributed by atoms with Gasteiger partial charge in [0.15, 0.2) is 5.17 Å². The van der Waals surface area contributed by atoms with E-state index in [1.807, 2.05) is 65.8 Å². The van der Waals surface area contributed by atoms with Crippen LogP contribution in [-0.4, -0.2) is 28.0 Å². The first-order valence-corrected chi connectivity index (χ1v) is 12.5. The fourth-order valence-corrected chi connectivity index (χ4v) is 5.30. The molecule has 5 rings (SSSR count). The van der Waals surface area contributed by atoms with Crippen molar-refractivity contribution in [3.63, 3.8) is 0 Å². The zero-order chi connectivity index (χ0) is 23.7. The number of carbonyl (C=O) groups is 2. The van der Waals surface area contributed by atoms with Gasteiger partial charge in [-0.15, -0.1) is 0 Å². The van der Waals surface area contributed by atoms with Crippen LogP contribution in [0.3, 0.4) is 0 Å². The quantitative estimate of drug-likeness (QED) is 0.528. The molecule has 1 fully saturated rings. The van der Waals surface area contributed by atoms with Crippen LogP contribution < -0.4 is 5.32 Å². The van der Waals surface area contributed by atoms with Gasteiger partial charge in [0.2, 0.25) is 5.91 Å². The molecule has 2 aromatic rings. The number of hydrogen-bond acceptors (Lipinski definition) is 6. The Labute approximate surface area is 207 Å². The first-order valence-electron chi connectivity index (χ1n) is 11.2. The lowest BCUT2D eigenvalue weighted by Gasteiger charge is -2.36. The Kier molecular flexibility index (Phi) is 6.48. The first-order chi connectivity index (χ1) is 16.5. The average molecular weight is 494 g/mol. The zero-order valence-electron chi connectivity index (χ0n) is 18.7. The molecule has 1 N–H and O–H groups in total. The van der Waals surface area contributed by atoms with Crippen molar-refractivity contribution in [2.45, 2.75) is 44.9 Å². The lowest BCUT2D eigenvalue weighted by molar-refractivity contribution is -0.141. The highest BCUT2D eigenvalue weighted by molar-refractivity contribution is 8.16. The number of amidine groups is 1. The molecule has 34 heavy (non-hydrogen) atoms. The Bertz CT molecular complexity index is 1220. The minimum absolute atomic E-state index is 0.0343. The number of benzene rings is 2. The number of hydrogen-bond donors (Lipinski definition) is 1. The van der Waals surface area contributed by atoms with Crippen molar-refractivity contribution in [1.82, 2.24) is 10.2 Å². The van der Waals surface area contributed by atoms with Gasteiger partial charge in [0.1, 0.15) is 6.61 Å². The topological polar surface area (TPSA) is 71.0 Å². The van der Waals surface area contributed by atoms with Gasteiger partial charge in [-0.2, -0.15) is 0 Å². The number of rotatable bonds is 7. The van der Waals surface area contributed by atoms with Gasteiger partial charge in [-0.1, -0.05) is 71.9 Å². The van der Waals surface area contributed by atoms with Gasteiger partial charge in [-0.05, 0) is 42.4 Å². The second kappa shape index (κ2) is 9.68. The zero-order valence-corrected chi connectivity index (χ0v) is 20.2. The van der Waals surface area contributed by atoms with E-state index in [2.05, 4.69) is 5.32 Å². The minimum Gasteiger partial charge on any atom is -0.457 e. The lowest BCUT2D eigenvalue weighted by atomic mass is 9.93. The van der Waals surface area contributed by atoms with Crippen molar-refractivity contribution in [2.75, 3.05) is 0 Å². The van der Waals surface area contributed by atoms with E-state index in [1.165, 1.54) is 11.8 Å². The third-order valence-corrected chi connectivity index (χ3v) is 7.15. The van der Waals surface area contributed by atoms with Gasteiger partial charge in [-0.25, -0.2) is 9.79 Å². The van der Waals surface area contributed by atoms with Crippen molar-refractivity contribution in [1.29, 1.82) is 0 Å². The van der Waals surface area contributed by atoms with Gasteiger partial charge in [0, 0.05) is 16.8 Å². The van der Waals surface area contributed by atoms with E-state index in [-0.39, 0.29) is 25.0 Å². The second-order valence-corrected chi connectivity index (χ2v) is 9.74. The van der Waals surface area contributed by atoms with Crippen molar-refractivity contribution in [3.8, 4) is 0 Å². The smallest absolute Gasteiger partial charge is 0.338 e. The molecule has 0 bridgehead atoms. The largest absolute Gasteiger partial charge is 0.457 e. The third kappa shape index (κ3) is 4.76. The van der Waals surface area contributed by atoms with Crippen molar-refractivity contribution in [2.24, 2.45) is 4.99 Å². The van der Waals surface area contributed by atoms with Crippen molar-refractivity contribution in [3.05, 3.63) is 93.1 Å². The molecule has 1 aliphatic carbocycles. The van der Waals surface area contributed by atoms with Gasteiger partial charge in [0.05, 0.1) is 23.7 Å². The highest BCUT2D eigenvalue weighted by Crippen LogP contribution is 2.46. The monoisotopic (exact) mass is 493 g/mol. The van der Waals surface area contributed by atoms with E-state index in [0.29, 0.717) is 16.3 Å². The fraction of sp³-hybridized carbons (Fsp3) is 0.269. The molecule has 0 radical (unpaired) electrons. The van der Waals surface area contributed by atoms with Gasteiger partial charge >= 0.3 is 5.97 Å². The molecule has 0 spiro atoms. The van der Waals surface area contributed by atoms with E-state index in [9.17, 15) is 9.59 Å². The number of nitrogens with zero attached hydrogens (tertiary/aromatic N) is 2. The molecule has 1 saturated carbocycles. The summed E-state index contributed by atoms with van der Waals surface area (Å²) in [6, 6.07) is 16.7. The van der Waals surface area contributed by atoms with Crippen LogP contribution >= 0.6 is 23.4 Å². The molecule has 1 amide bonds. The first kappa shape index (κ1) is 22.7. The summed E-state index contributed by atoms with van der Waals surface area (Å²) in [6.07, 6.45) is 2.25. The summed E-state index contributed by atoms with van der Waals surface area (Å²) in [4.78, 5) is 32.7. The SMILES string of the molecule is CC1=C(C(=O)OCc2ccccc2)C(c2ccccc2Cl)N2C(CC(=O)NC3CC3)=CSC2=N1. The van der Waals surface area contributed by atoms with Crippen LogP contribution in [0, 0.1) is 0 Å². The van der Waals surface area contributed by atoms with Crippen molar-refractivity contribution < 1.29 is 14.3 Å².